The Morgan fingerprint density at radius 2 is 1.69 bits per heavy atom. The number of carbonyl (C=O) groups is 1. The number of rotatable bonds is 15. The lowest BCUT2D eigenvalue weighted by Gasteiger charge is -2.32. The molecular formula is C37H46N6O6. The standard InChI is InChI=1S/C37H46N6O6/c1-27(29-12-7-6-8-13-29)49-37(44)43(26-28-11-9-14-31(23-28)45-3)34-15-16-38-36(40-34)39-30-24-32(46-4)35(47-5)33(25-30)48-22-10-17-42-20-18-41(2)19-21-42/h6-9,11-16,23-25,27H,10,17-22,26H2,1-5H3,(H,38,39,40)/t27-/m0/s1. The third kappa shape index (κ3) is 9.74. The molecule has 12 nitrogen and oxygen atoms in total. The summed E-state index contributed by atoms with van der Waals surface area (Å²) in [7, 11) is 6.92. The van der Waals surface area contributed by atoms with Gasteiger partial charge in [-0.25, -0.2) is 9.78 Å². The molecule has 0 bridgehead atoms. The van der Waals surface area contributed by atoms with Crippen molar-refractivity contribution >= 4 is 23.5 Å². The molecule has 1 fully saturated rings. The zero-order chi connectivity index (χ0) is 34.6. The molecule has 2 heterocycles. The van der Waals surface area contributed by atoms with Gasteiger partial charge in [0.25, 0.3) is 0 Å². The van der Waals surface area contributed by atoms with Gasteiger partial charge >= 0.3 is 6.09 Å². The molecule has 0 saturated carbocycles. The monoisotopic (exact) mass is 670 g/mol. The summed E-state index contributed by atoms with van der Waals surface area (Å²) in [5, 5.41) is 3.25. The van der Waals surface area contributed by atoms with Crippen LogP contribution in [0, 0.1) is 0 Å². The SMILES string of the molecule is COc1cccc(CN(C(=O)O[C@@H](C)c2ccccc2)c2ccnc(Nc3cc(OC)c(OC)c(OCCCN4CCN(C)CC4)c3)n2)c1. The van der Waals surface area contributed by atoms with E-state index in [1.165, 1.54) is 4.90 Å². The van der Waals surface area contributed by atoms with Crippen LogP contribution in [0.2, 0.25) is 0 Å². The quantitative estimate of drug-likeness (QED) is 0.147. The maximum Gasteiger partial charge on any atom is 0.416 e. The van der Waals surface area contributed by atoms with E-state index in [0.717, 1.165) is 50.3 Å². The van der Waals surface area contributed by atoms with E-state index in [4.69, 9.17) is 28.7 Å². The zero-order valence-corrected chi connectivity index (χ0v) is 28.9. The van der Waals surface area contributed by atoms with Crippen molar-refractivity contribution in [2.45, 2.75) is 26.0 Å². The summed E-state index contributed by atoms with van der Waals surface area (Å²) in [6.45, 7) is 7.79. The van der Waals surface area contributed by atoms with Crippen LogP contribution in [0.5, 0.6) is 23.0 Å². The van der Waals surface area contributed by atoms with Crippen molar-refractivity contribution in [3.05, 3.63) is 90.1 Å². The average Bonchev–Trinajstić information content (AvgIpc) is 3.13. The van der Waals surface area contributed by atoms with Crippen LogP contribution in [0.25, 0.3) is 0 Å². The Kier molecular flexibility index (Phi) is 12.5. The Morgan fingerprint density at radius 3 is 2.43 bits per heavy atom. The number of likely N-dealkylation sites (N-methyl/N-ethyl adjacent to an activating group) is 1. The second-order valence-corrected chi connectivity index (χ2v) is 11.8. The normalized spacial score (nSPS) is 14.1. The smallest absolute Gasteiger partial charge is 0.416 e. The highest BCUT2D eigenvalue weighted by molar-refractivity contribution is 5.86. The summed E-state index contributed by atoms with van der Waals surface area (Å²) < 4.78 is 28.8. The highest BCUT2D eigenvalue weighted by Gasteiger charge is 2.24. The molecule has 0 radical (unpaired) electrons. The third-order valence-corrected chi connectivity index (χ3v) is 8.33. The van der Waals surface area contributed by atoms with Gasteiger partial charge in [0.05, 0.1) is 34.5 Å². The van der Waals surface area contributed by atoms with E-state index in [9.17, 15) is 4.79 Å². The van der Waals surface area contributed by atoms with Crippen LogP contribution >= 0.6 is 0 Å². The van der Waals surface area contributed by atoms with Gasteiger partial charge in [-0.05, 0) is 49.7 Å². The van der Waals surface area contributed by atoms with Gasteiger partial charge in [-0.15, -0.1) is 0 Å². The third-order valence-electron chi connectivity index (χ3n) is 8.33. The molecule has 1 atom stereocenters. The Morgan fingerprint density at radius 1 is 0.918 bits per heavy atom. The maximum atomic E-state index is 13.7. The van der Waals surface area contributed by atoms with Crippen molar-refractivity contribution in [2.24, 2.45) is 0 Å². The fourth-order valence-corrected chi connectivity index (χ4v) is 5.54. The Bertz CT molecular complexity index is 1650. The van der Waals surface area contributed by atoms with E-state index in [-0.39, 0.29) is 12.5 Å². The number of methoxy groups -OCH3 is 3. The minimum atomic E-state index is -0.554. The van der Waals surface area contributed by atoms with Gasteiger partial charge in [0.1, 0.15) is 17.7 Å². The molecule has 0 spiro atoms. The van der Waals surface area contributed by atoms with Crippen molar-refractivity contribution < 1.29 is 28.5 Å². The molecule has 1 N–H and O–H groups in total. The van der Waals surface area contributed by atoms with Gasteiger partial charge in [-0.1, -0.05) is 42.5 Å². The van der Waals surface area contributed by atoms with Gasteiger partial charge in [0.15, 0.2) is 11.5 Å². The Labute approximate surface area is 288 Å². The molecule has 5 rings (SSSR count). The second-order valence-electron chi connectivity index (χ2n) is 11.8. The number of aromatic nitrogens is 2. The van der Waals surface area contributed by atoms with E-state index < -0.39 is 12.2 Å². The van der Waals surface area contributed by atoms with Gasteiger partial charge in [-0.3, -0.25) is 4.90 Å². The van der Waals surface area contributed by atoms with Crippen LogP contribution in [0.3, 0.4) is 0 Å². The molecule has 1 aromatic heterocycles. The number of ether oxygens (including phenoxy) is 5. The number of piperazine rings is 1. The summed E-state index contributed by atoms with van der Waals surface area (Å²) in [6, 6.07) is 22.4. The highest BCUT2D eigenvalue weighted by atomic mass is 16.6. The van der Waals surface area contributed by atoms with Crippen LogP contribution in [0.15, 0.2) is 79.0 Å². The predicted molar refractivity (Wildman–Crippen MR) is 189 cm³/mol. The first-order valence-corrected chi connectivity index (χ1v) is 16.4. The highest BCUT2D eigenvalue weighted by Crippen LogP contribution is 2.41. The van der Waals surface area contributed by atoms with Crippen molar-refractivity contribution in [3.8, 4) is 23.0 Å². The molecule has 0 unspecified atom stereocenters. The van der Waals surface area contributed by atoms with E-state index in [1.807, 2.05) is 67.6 Å². The second kappa shape index (κ2) is 17.4. The summed E-state index contributed by atoms with van der Waals surface area (Å²) in [4.78, 5) is 29.2. The molecule has 49 heavy (non-hydrogen) atoms. The van der Waals surface area contributed by atoms with Crippen LogP contribution in [0.4, 0.5) is 22.2 Å². The summed E-state index contributed by atoms with van der Waals surface area (Å²) in [5.41, 5.74) is 2.35. The van der Waals surface area contributed by atoms with Crippen LogP contribution in [-0.2, 0) is 11.3 Å². The van der Waals surface area contributed by atoms with Crippen LogP contribution < -0.4 is 29.2 Å². The molecule has 260 valence electrons. The van der Waals surface area contributed by atoms with Gasteiger partial charge < -0.3 is 38.8 Å². The molecule has 1 amide bonds. The van der Waals surface area contributed by atoms with Crippen LogP contribution in [-0.4, -0.2) is 93.6 Å². The van der Waals surface area contributed by atoms with E-state index in [1.54, 1.807) is 39.7 Å². The maximum absolute atomic E-state index is 13.7. The van der Waals surface area contributed by atoms with Crippen LogP contribution in [0.1, 0.15) is 30.6 Å². The molecule has 1 aliphatic heterocycles. The zero-order valence-electron chi connectivity index (χ0n) is 28.9. The summed E-state index contributed by atoms with van der Waals surface area (Å²) >= 11 is 0. The van der Waals surface area contributed by atoms with Crippen molar-refractivity contribution in [3.63, 3.8) is 0 Å². The van der Waals surface area contributed by atoms with Crippen molar-refractivity contribution in [2.75, 3.05) is 77.9 Å². The molecular weight excluding hydrogens is 624 g/mol. The summed E-state index contributed by atoms with van der Waals surface area (Å²) in [5.74, 6) is 2.84. The predicted octanol–water partition coefficient (Wildman–Crippen LogP) is 6.17. The minimum absolute atomic E-state index is 0.191. The molecule has 12 heteroatoms. The van der Waals surface area contributed by atoms with Crippen molar-refractivity contribution in [1.82, 2.24) is 19.8 Å². The number of amides is 1. The fraction of sp³-hybridized carbons (Fsp3) is 0.378. The first-order valence-electron chi connectivity index (χ1n) is 16.4. The first kappa shape index (κ1) is 35.2. The average molecular weight is 671 g/mol. The molecule has 1 aliphatic rings. The van der Waals surface area contributed by atoms with E-state index >= 15 is 0 Å². The number of carbonyl (C=O) groups excluding carboxylic acids is 1. The Balaban J connectivity index is 1.34. The number of nitrogens with zero attached hydrogens (tertiary/aromatic N) is 5. The minimum Gasteiger partial charge on any atom is -0.497 e. The molecule has 1 saturated heterocycles. The lowest BCUT2D eigenvalue weighted by Crippen LogP contribution is -2.44. The first-order chi connectivity index (χ1) is 23.9. The number of hydrogen-bond acceptors (Lipinski definition) is 11. The molecule has 0 aliphatic carbocycles. The molecule has 4 aromatic rings. The number of hydrogen-bond donors (Lipinski definition) is 1. The Hall–Kier alpha value is -5.07. The summed E-state index contributed by atoms with van der Waals surface area (Å²) in [6.07, 6.45) is 1.43. The van der Waals surface area contributed by atoms with Crippen molar-refractivity contribution in [1.29, 1.82) is 0 Å². The van der Waals surface area contributed by atoms with E-state index in [0.29, 0.717) is 41.1 Å². The number of anilines is 3. The van der Waals surface area contributed by atoms with Gasteiger partial charge in [-0.2, -0.15) is 4.98 Å². The largest absolute Gasteiger partial charge is 0.497 e. The lowest BCUT2D eigenvalue weighted by molar-refractivity contribution is 0.113. The van der Waals surface area contributed by atoms with Gasteiger partial charge in [0, 0.05) is 56.7 Å². The van der Waals surface area contributed by atoms with Gasteiger partial charge in [0.2, 0.25) is 11.7 Å². The molecule has 3 aromatic carbocycles. The topological polar surface area (TPSA) is 111 Å². The fourth-order valence-electron chi connectivity index (χ4n) is 5.54. The lowest BCUT2D eigenvalue weighted by atomic mass is 10.1. The number of benzene rings is 3. The number of nitrogens with one attached hydrogen (secondary N) is 1. The van der Waals surface area contributed by atoms with E-state index in [2.05, 4.69) is 27.1 Å².